The van der Waals surface area contributed by atoms with Crippen LogP contribution < -0.4 is 5.32 Å². The van der Waals surface area contributed by atoms with Crippen molar-refractivity contribution in [3.05, 3.63) is 42.2 Å². The van der Waals surface area contributed by atoms with E-state index in [2.05, 4.69) is 10.2 Å². The lowest BCUT2D eigenvalue weighted by molar-refractivity contribution is 0.0924. The number of carbonyl (C=O) groups excluding carboxylic acids is 1. The van der Waals surface area contributed by atoms with E-state index < -0.39 is 0 Å². The number of hydrogen-bond donors (Lipinski definition) is 1. The number of hydrogen-bond acceptors (Lipinski definition) is 2. The Morgan fingerprint density at radius 3 is 3.00 bits per heavy atom. The van der Waals surface area contributed by atoms with Gasteiger partial charge in [0.25, 0.3) is 5.91 Å². The number of piperidine rings is 1. The van der Waals surface area contributed by atoms with E-state index in [9.17, 15) is 4.79 Å². The first-order valence-electron chi connectivity index (χ1n) is 6.89. The highest BCUT2D eigenvalue weighted by atomic mass is 16.1. The monoisotopic (exact) mass is 255 g/mol. The molecule has 3 atom stereocenters. The van der Waals surface area contributed by atoms with Crippen LogP contribution in [-0.2, 0) is 0 Å². The molecule has 0 radical (unpaired) electrons. The molecule has 4 nitrogen and oxygen atoms in total. The first-order valence-corrected chi connectivity index (χ1v) is 6.89. The molecule has 2 aliphatic rings. The fraction of sp³-hybridized carbons (Fsp3) is 0.400. The minimum Gasteiger partial charge on any atom is -0.348 e. The second-order valence-corrected chi connectivity index (χ2v) is 5.65. The molecule has 4 heteroatoms. The van der Waals surface area contributed by atoms with E-state index in [-0.39, 0.29) is 5.91 Å². The predicted molar refractivity (Wildman–Crippen MR) is 73.2 cm³/mol. The topological polar surface area (TPSA) is 36.8 Å². The van der Waals surface area contributed by atoms with Crippen LogP contribution in [0.4, 0.5) is 0 Å². The van der Waals surface area contributed by atoms with Gasteiger partial charge in [-0.15, -0.1) is 0 Å². The van der Waals surface area contributed by atoms with Crippen LogP contribution in [0.1, 0.15) is 16.8 Å². The molecule has 2 aliphatic heterocycles. The fourth-order valence-corrected chi connectivity index (χ4v) is 3.37. The zero-order valence-corrected chi connectivity index (χ0v) is 10.7. The maximum absolute atomic E-state index is 12.3. The van der Waals surface area contributed by atoms with Crippen molar-refractivity contribution in [3.8, 4) is 0 Å². The van der Waals surface area contributed by atoms with E-state index in [1.54, 1.807) is 0 Å². The van der Waals surface area contributed by atoms with Crippen molar-refractivity contribution in [2.24, 2.45) is 5.92 Å². The summed E-state index contributed by atoms with van der Waals surface area (Å²) in [6, 6.07) is 8.24. The highest BCUT2D eigenvalue weighted by molar-refractivity contribution is 5.94. The van der Waals surface area contributed by atoms with Gasteiger partial charge < -0.3 is 14.6 Å². The Morgan fingerprint density at radius 2 is 2.21 bits per heavy atom. The van der Waals surface area contributed by atoms with E-state index in [1.165, 1.54) is 13.0 Å². The minimum atomic E-state index is 0.0503. The van der Waals surface area contributed by atoms with Gasteiger partial charge in [-0.05, 0) is 43.1 Å². The van der Waals surface area contributed by atoms with E-state index >= 15 is 0 Å². The van der Waals surface area contributed by atoms with Gasteiger partial charge in [-0.2, -0.15) is 0 Å². The van der Waals surface area contributed by atoms with Crippen molar-refractivity contribution in [3.63, 3.8) is 0 Å². The summed E-state index contributed by atoms with van der Waals surface area (Å²) in [6.45, 7) is 3.37. The third-order valence-electron chi connectivity index (χ3n) is 4.44. The van der Waals surface area contributed by atoms with E-state index in [1.807, 2.05) is 41.1 Å². The quantitative estimate of drug-likeness (QED) is 0.880. The lowest BCUT2D eigenvalue weighted by atomic mass is 10.00. The zero-order valence-electron chi connectivity index (χ0n) is 10.7. The summed E-state index contributed by atoms with van der Waals surface area (Å²) in [5.74, 6) is 0.702. The van der Waals surface area contributed by atoms with E-state index in [0.29, 0.717) is 12.0 Å². The van der Waals surface area contributed by atoms with Crippen LogP contribution in [-0.4, -0.2) is 40.9 Å². The van der Waals surface area contributed by atoms with Crippen molar-refractivity contribution < 1.29 is 4.79 Å². The molecular formula is C15H17N3O. The summed E-state index contributed by atoms with van der Waals surface area (Å²) < 4.78 is 1.99. The first-order chi connectivity index (χ1) is 9.29. The van der Waals surface area contributed by atoms with Gasteiger partial charge in [-0.25, -0.2) is 0 Å². The Labute approximate surface area is 112 Å². The summed E-state index contributed by atoms with van der Waals surface area (Å²) in [5, 5.41) is 3.19. The number of carbonyl (C=O) groups is 1. The lowest BCUT2D eigenvalue weighted by Crippen LogP contribution is -2.43. The van der Waals surface area contributed by atoms with Crippen molar-refractivity contribution in [1.82, 2.24) is 14.6 Å². The molecule has 2 aromatic heterocycles. The standard InChI is InChI=1S/C15H17N3O/c19-15(16-14-10-17-7-5-11(14)8-17)12-3-4-13-2-1-6-18(13)9-12/h1-4,6,9,11,14H,5,7-8,10H2,(H,16,19)/t11-,14?/m1/s1. The second kappa shape index (κ2) is 4.10. The van der Waals surface area contributed by atoms with E-state index in [4.69, 9.17) is 0 Å². The molecule has 2 bridgehead atoms. The maximum atomic E-state index is 12.3. The molecule has 0 aliphatic carbocycles. The van der Waals surface area contributed by atoms with Gasteiger partial charge in [0.2, 0.25) is 0 Å². The van der Waals surface area contributed by atoms with Crippen LogP contribution >= 0.6 is 0 Å². The SMILES string of the molecule is O=C(NC1CN2CC[C@@H]1C2)c1ccc2cccn2c1. The van der Waals surface area contributed by atoms with Crippen LogP contribution in [0, 0.1) is 5.92 Å². The molecule has 0 spiro atoms. The second-order valence-electron chi connectivity index (χ2n) is 5.65. The average Bonchev–Trinajstić information content (AvgIpc) is 3.13. The van der Waals surface area contributed by atoms with Crippen LogP contribution in [0.25, 0.3) is 5.52 Å². The summed E-state index contributed by atoms with van der Waals surface area (Å²) in [5.41, 5.74) is 1.85. The fourth-order valence-electron chi connectivity index (χ4n) is 3.37. The molecule has 0 saturated carbocycles. The van der Waals surface area contributed by atoms with Crippen LogP contribution in [0.2, 0.25) is 0 Å². The average molecular weight is 255 g/mol. The number of pyridine rings is 1. The van der Waals surface area contributed by atoms with Crippen molar-refractivity contribution in [2.75, 3.05) is 19.6 Å². The summed E-state index contributed by atoms with van der Waals surface area (Å²) in [6.07, 6.45) is 5.09. The molecule has 98 valence electrons. The molecule has 0 aromatic carbocycles. The van der Waals surface area contributed by atoms with Crippen molar-refractivity contribution in [2.45, 2.75) is 12.5 Å². The molecule has 4 rings (SSSR count). The molecule has 4 heterocycles. The molecular weight excluding hydrogens is 238 g/mol. The number of fused-ring (bicyclic) bond motifs is 3. The number of aromatic nitrogens is 1. The largest absolute Gasteiger partial charge is 0.348 e. The summed E-state index contributed by atoms with van der Waals surface area (Å²) >= 11 is 0. The van der Waals surface area contributed by atoms with E-state index in [0.717, 1.165) is 24.2 Å². The highest BCUT2D eigenvalue weighted by Crippen LogP contribution is 2.27. The zero-order chi connectivity index (χ0) is 12.8. The Balaban J connectivity index is 1.53. The van der Waals surface area contributed by atoms with Gasteiger partial charge in [0, 0.05) is 37.0 Å². The third-order valence-corrected chi connectivity index (χ3v) is 4.44. The van der Waals surface area contributed by atoms with Crippen LogP contribution in [0.15, 0.2) is 36.7 Å². The van der Waals surface area contributed by atoms with Gasteiger partial charge in [0.15, 0.2) is 0 Å². The predicted octanol–water partition coefficient (Wildman–Crippen LogP) is 1.37. The molecule has 19 heavy (non-hydrogen) atoms. The highest BCUT2D eigenvalue weighted by Gasteiger charge is 2.38. The first kappa shape index (κ1) is 11.1. The molecule has 1 amide bonds. The molecule has 2 unspecified atom stereocenters. The summed E-state index contributed by atoms with van der Waals surface area (Å²) in [7, 11) is 0. The smallest absolute Gasteiger partial charge is 0.253 e. The van der Waals surface area contributed by atoms with Gasteiger partial charge >= 0.3 is 0 Å². The minimum absolute atomic E-state index is 0.0503. The van der Waals surface area contributed by atoms with Crippen LogP contribution in [0.5, 0.6) is 0 Å². The lowest BCUT2D eigenvalue weighted by Gasteiger charge is -2.23. The Hall–Kier alpha value is -1.81. The molecule has 2 fully saturated rings. The number of nitrogens with one attached hydrogen (secondary N) is 1. The van der Waals surface area contributed by atoms with Gasteiger partial charge in [-0.3, -0.25) is 4.79 Å². The summed E-state index contributed by atoms with van der Waals surface area (Å²) in [4.78, 5) is 14.7. The van der Waals surface area contributed by atoms with Gasteiger partial charge in [-0.1, -0.05) is 0 Å². The van der Waals surface area contributed by atoms with Crippen molar-refractivity contribution >= 4 is 11.4 Å². The number of amides is 1. The Morgan fingerprint density at radius 1 is 1.26 bits per heavy atom. The molecule has 1 N–H and O–H groups in total. The number of rotatable bonds is 2. The van der Waals surface area contributed by atoms with Gasteiger partial charge in [0.1, 0.15) is 0 Å². The number of nitrogens with zero attached hydrogens (tertiary/aromatic N) is 2. The molecule has 2 aromatic rings. The van der Waals surface area contributed by atoms with Gasteiger partial charge in [0.05, 0.1) is 5.56 Å². The molecule has 2 saturated heterocycles. The Bertz CT molecular complexity index is 633. The maximum Gasteiger partial charge on any atom is 0.253 e. The van der Waals surface area contributed by atoms with Crippen LogP contribution in [0.3, 0.4) is 0 Å². The van der Waals surface area contributed by atoms with Crippen molar-refractivity contribution in [1.29, 1.82) is 0 Å². The third kappa shape index (κ3) is 1.83. The normalized spacial score (nSPS) is 28.9. The Kier molecular flexibility index (Phi) is 2.38.